The number of thiazole rings is 1. The zero-order valence-corrected chi connectivity index (χ0v) is 12.1. The first kappa shape index (κ1) is 12.9. The number of carbonyl (C=O) groups is 1. The van der Waals surface area contributed by atoms with Crippen molar-refractivity contribution < 1.29 is 4.79 Å². The van der Waals surface area contributed by atoms with Crippen molar-refractivity contribution in [1.82, 2.24) is 15.2 Å². The van der Waals surface area contributed by atoms with E-state index < -0.39 is 0 Å². The molecule has 0 bridgehead atoms. The van der Waals surface area contributed by atoms with E-state index in [2.05, 4.69) is 25.5 Å². The van der Waals surface area contributed by atoms with Gasteiger partial charge >= 0.3 is 0 Å². The van der Waals surface area contributed by atoms with E-state index in [0.717, 1.165) is 49.8 Å². The van der Waals surface area contributed by atoms with Gasteiger partial charge in [0.25, 0.3) is 0 Å². The van der Waals surface area contributed by atoms with Crippen molar-refractivity contribution in [1.29, 1.82) is 0 Å². The summed E-state index contributed by atoms with van der Waals surface area (Å²) in [5.74, 6) is 0.182. The fraction of sp³-hybridized carbons (Fsp3) is 0.692. The Labute approximate surface area is 117 Å². The molecule has 1 saturated carbocycles. The van der Waals surface area contributed by atoms with Crippen LogP contribution in [-0.2, 0) is 4.79 Å². The average molecular weight is 280 g/mol. The number of piperazine rings is 1. The Bertz CT molecular complexity index is 449. The van der Waals surface area contributed by atoms with E-state index in [4.69, 9.17) is 0 Å². The summed E-state index contributed by atoms with van der Waals surface area (Å²) in [7, 11) is 0. The van der Waals surface area contributed by atoms with Gasteiger partial charge in [0, 0.05) is 37.6 Å². The lowest BCUT2D eigenvalue weighted by Crippen LogP contribution is -2.49. The van der Waals surface area contributed by atoms with Gasteiger partial charge in [0.05, 0.1) is 12.2 Å². The summed E-state index contributed by atoms with van der Waals surface area (Å²) >= 11 is 1.70. The number of nitrogens with one attached hydrogen (secondary N) is 1. The van der Waals surface area contributed by atoms with E-state index in [0.29, 0.717) is 12.6 Å². The molecule has 2 heterocycles. The third-order valence-electron chi connectivity index (χ3n) is 3.56. The molecule has 2 fully saturated rings. The molecular weight excluding hydrogens is 260 g/mol. The number of carbonyl (C=O) groups excluding carboxylic acids is 1. The lowest BCUT2D eigenvalue weighted by molar-refractivity contribution is -0.122. The molecule has 1 aliphatic heterocycles. The molecular formula is C13H20N4OS. The van der Waals surface area contributed by atoms with Crippen LogP contribution in [0.5, 0.6) is 0 Å². The van der Waals surface area contributed by atoms with Gasteiger partial charge in [-0.15, -0.1) is 11.3 Å². The molecule has 6 heteroatoms. The Hall–Kier alpha value is -1.14. The molecule has 1 aliphatic carbocycles. The van der Waals surface area contributed by atoms with Crippen molar-refractivity contribution in [2.45, 2.75) is 25.8 Å². The second-order valence-electron chi connectivity index (χ2n) is 5.38. The molecule has 1 N–H and O–H groups in total. The molecule has 2 aliphatic rings. The van der Waals surface area contributed by atoms with Gasteiger partial charge in [-0.1, -0.05) is 0 Å². The van der Waals surface area contributed by atoms with Gasteiger partial charge in [0.15, 0.2) is 5.13 Å². The second kappa shape index (κ2) is 5.46. The first-order valence-corrected chi connectivity index (χ1v) is 7.77. The fourth-order valence-corrected chi connectivity index (χ4v) is 3.15. The van der Waals surface area contributed by atoms with Gasteiger partial charge in [0.1, 0.15) is 0 Å². The van der Waals surface area contributed by atoms with Crippen LogP contribution in [0.25, 0.3) is 0 Å². The quantitative estimate of drug-likeness (QED) is 0.888. The smallest absolute Gasteiger partial charge is 0.234 e. The maximum atomic E-state index is 11.7. The molecule has 0 unspecified atom stereocenters. The highest BCUT2D eigenvalue weighted by atomic mass is 32.1. The van der Waals surface area contributed by atoms with Crippen LogP contribution in [0.1, 0.15) is 18.5 Å². The highest BCUT2D eigenvalue weighted by molar-refractivity contribution is 7.13. The van der Waals surface area contributed by atoms with Gasteiger partial charge in [-0.2, -0.15) is 0 Å². The van der Waals surface area contributed by atoms with Gasteiger partial charge in [0.2, 0.25) is 5.91 Å². The minimum absolute atomic E-state index is 0.182. The van der Waals surface area contributed by atoms with E-state index >= 15 is 0 Å². The van der Waals surface area contributed by atoms with Gasteiger partial charge < -0.3 is 10.2 Å². The molecule has 3 rings (SSSR count). The normalized spacial score (nSPS) is 20.6. The summed E-state index contributed by atoms with van der Waals surface area (Å²) in [4.78, 5) is 20.8. The highest BCUT2D eigenvalue weighted by Gasteiger charge is 2.25. The maximum absolute atomic E-state index is 11.7. The second-order valence-corrected chi connectivity index (χ2v) is 6.21. The molecule has 0 spiro atoms. The molecule has 104 valence electrons. The van der Waals surface area contributed by atoms with E-state index in [9.17, 15) is 4.79 Å². The number of aromatic nitrogens is 1. The van der Waals surface area contributed by atoms with Gasteiger partial charge in [-0.3, -0.25) is 9.69 Å². The number of anilines is 1. The minimum atomic E-state index is 0.182. The van der Waals surface area contributed by atoms with Crippen molar-refractivity contribution >= 4 is 22.4 Å². The predicted molar refractivity (Wildman–Crippen MR) is 76.7 cm³/mol. The van der Waals surface area contributed by atoms with Crippen LogP contribution in [0.2, 0.25) is 0 Å². The summed E-state index contributed by atoms with van der Waals surface area (Å²) in [5.41, 5.74) is 1.09. The van der Waals surface area contributed by atoms with Crippen molar-refractivity contribution in [3.63, 3.8) is 0 Å². The summed E-state index contributed by atoms with van der Waals surface area (Å²) in [5, 5.41) is 6.24. The third kappa shape index (κ3) is 3.45. The zero-order chi connectivity index (χ0) is 13.2. The monoisotopic (exact) mass is 280 g/mol. The van der Waals surface area contributed by atoms with E-state index in [1.807, 2.05) is 6.92 Å². The molecule has 1 amide bonds. The van der Waals surface area contributed by atoms with Crippen LogP contribution in [0.3, 0.4) is 0 Å². The molecule has 0 aromatic carbocycles. The van der Waals surface area contributed by atoms with Crippen molar-refractivity contribution in [3.8, 4) is 0 Å². The standard InChI is InChI=1S/C13H20N4OS/c1-10-9-19-13(14-10)17-6-4-16(5-7-17)8-12(18)15-11-2-3-11/h9,11H,2-8H2,1H3,(H,15,18). The van der Waals surface area contributed by atoms with E-state index in [1.165, 1.54) is 0 Å². The van der Waals surface area contributed by atoms with Crippen LogP contribution in [0.15, 0.2) is 5.38 Å². The highest BCUT2D eigenvalue weighted by Crippen LogP contribution is 2.21. The summed E-state index contributed by atoms with van der Waals surface area (Å²) < 4.78 is 0. The van der Waals surface area contributed by atoms with Gasteiger partial charge in [-0.05, 0) is 19.8 Å². The molecule has 5 nitrogen and oxygen atoms in total. The summed E-state index contributed by atoms with van der Waals surface area (Å²) in [6, 6.07) is 0.465. The SMILES string of the molecule is Cc1csc(N2CCN(CC(=O)NC3CC3)CC2)n1. The average Bonchev–Trinajstić information content (AvgIpc) is 3.09. The summed E-state index contributed by atoms with van der Waals surface area (Å²) in [6.07, 6.45) is 2.31. The van der Waals surface area contributed by atoms with Crippen molar-refractivity contribution in [2.75, 3.05) is 37.6 Å². The van der Waals surface area contributed by atoms with Crippen LogP contribution in [0.4, 0.5) is 5.13 Å². The number of amides is 1. The van der Waals surface area contributed by atoms with Crippen molar-refractivity contribution in [2.24, 2.45) is 0 Å². The Morgan fingerprint density at radius 2 is 2.16 bits per heavy atom. The number of nitrogens with zero attached hydrogens (tertiary/aromatic N) is 3. The Kier molecular flexibility index (Phi) is 3.70. The lowest BCUT2D eigenvalue weighted by atomic mass is 10.3. The summed E-state index contributed by atoms with van der Waals surface area (Å²) in [6.45, 7) is 6.38. The molecule has 19 heavy (non-hydrogen) atoms. The maximum Gasteiger partial charge on any atom is 0.234 e. The zero-order valence-electron chi connectivity index (χ0n) is 11.3. The topological polar surface area (TPSA) is 48.5 Å². The molecule has 0 atom stereocenters. The number of hydrogen-bond donors (Lipinski definition) is 1. The van der Waals surface area contributed by atoms with Crippen LogP contribution in [0, 0.1) is 6.92 Å². The molecule has 0 radical (unpaired) electrons. The molecule has 1 aromatic heterocycles. The molecule has 1 aromatic rings. The van der Waals surface area contributed by atoms with E-state index in [-0.39, 0.29) is 5.91 Å². The number of hydrogen-bond acceptors (Lipinski definition) is 5. The fourth-order valence-electron chi connectivity index (χ4n) is 2.29. The molecule has 1 saturated heterocycles. The first-order valence-electron chi connectivity index (χ1n) is 6.89. The van der Waals surface area contributed by atoms with Crippen LogP contribution >= 0.6 is 11.3 Å². The van der Waals surface area contributed by atoms with Crippen molar-refractivity contribution in [3.05, 3.63) is 11.1 Å². The largest absolute Gasteiger partial charge is 0.352 e. The van der Waals surface area contributed by atoms with Crippen LogP contribution < -0.4 is 10.2 Å². The lowest BCUT2D eigenvalue weighted by Gasteiger charge is -2.34. The minimum Gasteiger partial charge on any atom is -0.352 e. The van der Waals surface area contributed by atoms with Gasteiger partial charge in [-0.25, -0.2) is 4.98 Å². The first-order chi connectivity index (χ1) is 9.20. The van der Waals surface area contributed by atoms with Crippen LogP contribution in [-0.4, -0.2) is 54.6 Å². The Balaban J connectivity index is 1.45. The van der Waals surface area contributed by atoms with E-state index in [1.54, 1.807) is 11.3 Å². The third-order valence-corrected chi connectivity index (χ3v) is 4.58. The predicted octanol–water partition coefficient (Wildman–Crippen LogP) is 0.852. The number of rotatable bonds is 4. The Morgan fingerprint density at radius 3 is 2.74 bits per heavy atom. The number of aryl methyl sites for hydroxylation is 1. The Morgan fingerprint density at radius 1 is 1.42 bits per heavy atom.